The van der Waals surface area contributed by atoms with Gasteiger partial charge in [0.25, 0.3) is 0 Å². The monoisotopic (exact) mass is 534 g/mol. The number of rotatable bonds is 7. The minimum Gasteiger partial charge on any atom is -0.325 e. The highest BCUT2D eigenvalue weighted by Gasteiger charge is 2.34. The maximum atomic E-state index is 13.5. The molecule has 0 aliphatic rings. The Morgan fingerprint density at radius 2 is 1.62 bits per heavy atom. The van der Waals surface area contributed by atoms with Gasteiger partial charge in [0.15, 0.2) is 0 Å². The molecule has 0 heterocycles. The Morgan fingerprint density at radius 3 is 2.24 bits per heavy atom. The molecule has 0 aliphatic carbocycles. The lowest BCUT2D eigenvalue weighted by molar-refractivity contribution is -0.140. The summed E-state index contributed by atoms with van der Waals surface area (Å²) in [5.74, 6) is -2.44. The van der Waals surface area contributed by atoms with Crippen molar-refractivity contribution in [1.82, 2.24) is 4.31 Å². The molecule has 0 unspecified atom stereocenters. The number of halogens is 6. The molecule has 34 heavy (non-hydrogen) atoms. The van der Waals surface area contributed by atoms with Gasteiger partial charge in [0.1, 0.15) is 5.82 Å². The predicted octanol–water partition coefficient (Wildman–Crippen LogP) is 5.98. The van der Waals surface area contributed by atoms with Crippen molar-refractivity contribution < 1.29 is 30.8 Å². The van der Waals surface area contributed by atoms with Gasteiger partial charge in [0, 0.05) is 22.3 Å². The van der Waals surface area contributed by atoms with Crippen LogP contribution in [0.5, 0.6) is 0 Å². The molecule has 5 nitrogen and oxygen atoms in total. The van der Waals surface area contributed by atoms with Crippen LogP contribution in [0.25, 0.3) is 0 Å². The summed E-state index contributed by atoms with van der Waals surface area (Å²) in [6, 6.07) is 13.5. The molecule has 0 spiro atoms. The van der Waals surface area contributed by atoms with Gasteiger partial charge >= 0.3 is 6.18 Å². The Labute approximate surface area is 203 Å². The lowest BCUT2D eigenvalue weighted by Gasteiger charge is -2.22. The highest BCUT2D eigenvalue weighted by Crippen LogP contribution is 2.33. The van der Waals surface area contributed by atoms with E-state index in [1.807, 2.05) is 0 Å². The van der Waals surface area contributed by atoms with Gasteiger partial charge in [0.2, 0.25) is 15.9 Å². The number of nitrogens with zero attached hydrogens (tertiary/aromatic N) is 1. The molecule has 0 saturated heterocycles. The van der Waals surface area contributed by atoms with E-state index >= 15 is 0 Å². The van der Waals surface area contributed by atoms with Crippen molar-refractivity contribution in [3.63, 3.8) is 0 Å². The molecule has 180 valence electrons. The number of nitrogens with one attached hydrogen (secondary N) is 1. The van der Waals surface area contributed by atoms with E-state index in [2.05, 4.69) is 5.32 Å². The van der Waals surface area contributed by atoms with Crippen molar-refractivity contribution in [2.45, 2.75) is 17.6 Å². The number of benzene rings is 3. The van der Waals surface area contributed by atoms with Crippen molar-refractivity contribution in [2.24, 2.45) is 0 Å². The Balaban J connectivity index is 1.90. The number of sulfonamides is 1. The SMILES string of the molecule is O=C(CN(Cc1ccccc1Cl)S(=O)(=O)c1ccc(Cl)cc1)Nc1ccc(F)c(C(F)(F)F)c1. The van der Waals surface area contributed by atoms with Crippen molar-refractivity contribution in [3.05, 3.63) is 93.7 Å². The van der Waals surface area contributed by atoms with E-state index < -0.39 is 40.0 Å². The smallest absolute Gasteiger partial charge is 0.325 e. The van der Waals surface area contributed by atoms with Gasteiger partial charge < -0.3 is 5.32 Å². The third-order valence-corrected chi connectivity index (χ3v) is 7.06. The van der Waals surface area contributed by atoms with E-state index in [-0.39, 0.29) is 22.2 Å². The molecule has 3 aromatic rings. The standard InChI is InChI=1S/C22H16Cl2F4N2O3S/c23-15-5-8-17(9-6-15)34(32,33)30(12-14-3-1-2-4-19(14)24)13-21(31)29-16-7-10-20(25)18(11-16)22(26,27)28/h1-11H,12-13H2,(H,29,31). The van der Waals surface area contributed by atoms with Crippen molar-refractivity contribution in [2.75, 3.05) is 11.9 Å². The van der Waals surface area contributed by atoms with Crippen LogP contribution in [0.2, 0.25) is 10.0 Å². The second kappa shape index (κ2) is 10.3. The molecule has 0 saturated carbocycles. The molecule has 0 aliphatic heterocycles. The van der Waals surface area contributed by atoms with Crippen molar-refractivity contribution in [1.29, 1.82) is 0 Å². The lowest BCUT2D eigenvalue weighted by Crippen LogP contribution is -2.37. The van der Waals surface area contributed by atoms with E-state index in [9.17, 15) is 30.8 Å². The van der Waals surface area contributed by atoms with Crippen molar-refractivity contribution in [3.8, 4) is 0 Å². The van der Waals surface area contributed by atoms with Gasteiger partial charge in [0.05, 0.1) is 17.0 Å². The van der Waals surface area contributed by atoms with E-state index in [1.54, 1.807) is 24.3 Å². The molecule has 0 radical (unpaired) electrons. The molecule has 0 bridgehead atoms. The average molecular weight is 535 g/mol. The first-order valence-corrected chi connectivity index (χ1v) is 11.7. The molecule has 0 fully saturated rings. The zero-order valence-corrected chi connectivity index (χ0v) is 19.4. The summed E-state index contributed by atoms with van der Waals surface area (Å²) in [7, 11) is -4.24. The largest absolute Gasteiger partial charge is 0.419 e. The zero-order chi connectivity index (χ0) is 25.1. The summed E-state index contributed by atoms with van der Waals surface area (Å²) in [5, 5.41) is 2.73. The highest BCUT2D eigenvalue weighted by atomic mass is 35.5. The maximum Gasteiger partial charge on any atom is 0.419 e. The lowest BCUT2D eigenvalue weighted by atomic mass is 10.2. The predicted molar refractivity (Wildman–Crippen MR) is 121 cm³/mol. The van der Waals surface area contributed by atoms with Gasteiger partial charge in [-0.2, -0.15) is 17.5 Å². The van der Waals surface area contributed by atoms with E-state index in [0.717, 1.165) is 10.4 Å². The zero-order valence-electron chi connectivity index (χ0n) is 17.1. The molecule has 1 amide bonds. The van der Waals surface area contributed by atoms with Gasteiger partial charge in [-0.3, -0.25) is 4.79 Å². The normalized spacial score (nSPS) is 12.1. The van der Waals surface area contributed by atoms with Crippen LogP contribution in [0.1, 0.15) is 11.1 Å². The van der Waals surface area contributed by atoms with Crippen LogP contribution in [0.4, 0.5) is 23.2 Å². The molecular weight excluding hydrogens is 519 g/mol. The van der Waals surface area contributed by atoms with Crippen LogP contribution in [0.3, 0.4) is 0 Å². The summed E-state index contributed by atoms with van der Waals surface area (Å²) in [5.41, 5.74) is -1.51. The number of amides is 1. The molecule has 3 aromatic carbocycles. The molecule has 1 N–H and O–H groups in total. The fourth-order valence-corrected chi connectivity index (χ4v) is 4.67. The summed E-state index contributed by atoms with van der Waals surface area (Å²) in [6.45, 7) is -1.05. The summed E-state index contributed by atoms with van der Waals surface area (Å²) in [6.07, 6.45) is -4.97. The van der Waals surface area contributed by atoms with E-state index in [1.165, 1.54) is 24.3 Å². The Kier molecular flexibility index (Phi) is 7.87. The summed E-state index contributed by atoms with van der Waals surface area (Å²) in [4.78, 5) is 12.5. The number of anilines is 1. The summed E-state index contributed by atoms with van der Waals surface area (Å²) < 4.78 is 79.7. The number of hydrogen-bond donors (Lipinski definition) is 1. The van der Waals surface area contributed by atoms with Crippen LogP contribution in [0, 0.1) is 5.82 Å². The topological polar surface area (TPSA) is 66.5 Å². The molecule has 3 rings (SSSR count). The molecular formula is C22H16Cl2F4N2O3S. The molecule has 0 aromatic heterocycles. The van der Waals surface area contributed by atoms with Crippen molar-refractivity contribution >= 4 is 44.8 Å². The van der Waals surface area contributed by atoms with Gasteiger partial charge in [-0.05, 0) is 54.1 Å². The first kappa shape index (κ1) is 26.0. The highest BCUT2D eigenvalue weighted by molar-refractivity contribution is 7.89. The van der Waals surface area contributed by atoms with Crippen LogP contribution < -0.4 is 5.32 Å². The fraction of sp³-hybridized carbons (Fsp3) is 0.136. The third kappa shape index (κ3) is 6.26. The number of alkyl halides is 3. The average Bonchev–Trinajstić information content (AvgIpc) is 2.75. The van der Waals surface area contributed by atoms with Gasteiger partial charge in [-0.25, -0.2) is 12.8 Å². The van der Waals surface area contributed by atoms with Crippen LogP contribution in [-0.2, 0) is 27.5 Å². The minimum absolute atomic E-state index is 0.155. The Hall–Kier alpha value is -2.66. The number of carbonyl (C=O) groups excluding carboxylic acids is 1. The Morgan fingerprint density at radius 1 is 0.971 bits per heavy atom. The quantitative estimate of drug-likeness (QED) is 0.379. The fourth-order valence-electron chi connectivity index (χ4n) is 2.98. The first-order valence-electron chi connectivity index (χ1n) is 9.53. The van der Waals surface area contributed by atoms with Crippen LogP contribution in [0.15, 0.2) is 71.6 Å². The second-order valence-corrected chi connectivity index (χ2v) is 9.84. The number of hydrogen-bond acceptors (Lipinski definition) is 3. The molecule has 0 atom stereocenters. The maximum absolute atomic E-state index is 13.5. The first-order chi connectivity index (χ1) is 15.9. The third-order valence-electron chi connectivity index (χ3n) is 4.63. The second-order valence-electron chi connectivity index (χ2n) is 7.06. The van der Waals surface area contributed by atoms with Gasteiger partial charge in [-0.1, -0.05) is 41.4 Å². The minimum atomic E-state index is -4.97. The molecule has 12 heteroatoms. The number of carbonyl (C=O) groups is 1. The van der Waals surface area contributed by atoms with Crippen LogP contribution in [-0.4, -0.2) is 25.2 Å². The van der Waals surface area contributed by atoms with E-state index in [0.29, 0.717) is 22.7 Å². The van der Waals surface area contributed by atoms with Gasteiger partial charge in [-0.15, -0.1) is 0 Å². The summed E-state index contributed by atoms with van der Waals surface area (Å²) >= 11 is 12.0. The van der Waals surface area contributed by atoms with Crippen LogP contribution >= 0.6 is 23.2 Å². The Bertz CT molecular complexity index is 1300. The van der Waals surface area contributed by atoms with E-state index in [4.69, 9.17) is 23.2 Å².